The maximum atomic E-state index is 11.9. The monoisotopic (exact) mass is 286 g/mol. The fourth-order valence-corrected chi connectivity index (χ4v) is 1.93. The standard InChI is InChI=1S/C13H16F2N2O3/c1-17-10-3-2-8(6-11(10)20-13(17)18)9(16)4-5-19-7-12(14)15/h2-3,6,9,12H,4-5,7,16H2,1H3. The summed E-state index contributed by atoms with van der Waals surface area (Å²) in [6.07, 6.45) is -2.06. The van der Waals surface area contributed by atoms with Crippen LogP contribution in [0.25, 0.3) is 11.1 Å². The number of benzene rings is 1. The normalized spacial score (nSPS) is 13.2. The first-order valence-corrected chi connectivity index (χ1v) is 6.20. The van der Waals surface area contributed by atoms with E-state index in [1.807, 2.05) is 0 Å². The Balaban J connectivity index is 2.03. The molecule has 20 heavy (non-hydrogen) atoms. The van der Waals surface area contributed by atoms with Crippen LogP contribution in [0, 0.1) is 0 Å². The summed E-state index contributed by atoms with van der Waals surface area (Å²) < 4.78 is 35.1. The van der Waals surface area contributed by atoms with Crippen molar-refractivity contribution >= 4 is 11.1 Å². The van der Waals surface area contributed by atoms with E-state index in [0.717, 1.165) is 5.56 Å². The van der Waals surface area contributed by atoms with Gasteiger partial charge in [0, 0.05) is 19.7 Å². The van der Waals surface area contributed by atoms with Crippen molar-refractivity contribution in [3.05, 3.63) is 34.3 Å². The topological polar surface area (TPSA) is 70.4 Å². The Morgan fingerprint density at radius 1 is 1.45 bits per heavy atom. The van der Waals surface area contributed by atoms with Crippen molar-refractivity contribution in [2.45, 2.75) is 18.9 Å². The van der Waals surface area contributed by atoms with Gasteiger partial charge in [0.25, 0.3) is 6.43 Å². The number of oxazole rings is 1. The van der Waals surface area contributed by atoms with Crippen LogP contribution in [-0.4, -0.2) is 24.2 Å². The van der Waals surface area contributed by atoms with Crippen molar-refractivity contribution < 1.29 is 17.9 Å². The fraction of sp³-hybridized carbons (Fsp3) is 0.462. The third kappa shape index (κ3) is 3.23. The minimum Gasteiger partial charge on any atom is -0.408 e. The van der Waals surface area contributed by atoms with Crippen molar-refractivity contribution in [2.75, 3.05) is 13.2 Å². The average molecular weight is 286 g/mol. The zero-order chi connectivity index (χ0) is 14.7. The van der Waals surface area contributed by atoms with Crippen LogP contribution in [0.1, 0.15) is 18.0 Å². The van der Waals surface area contributed by atoms with Crippen LogP contribution in [-0.2, 0) is 11.8 Å². The molecule has 5 nitrogen and oxygen atoms in total. The zero-order valence-electron chi connectivity index (χ0n) is 11.0. The van der Waals surface area contributed by atoms with Crippen LogP contribution in [0.15, 0.2) is 27.4 Å². The van der Waals surface area contributed by atoms with Crippen molar-refractivity contribution in [3.8, 4) is 0 Å². The predicted molar refractivity (Wildman–Crippen MR) is 69.8 cm³/mol. The molecule has 2 aromatic rings. The van der Waals surface area contributed by atoms with Gasteiger partial charge in [-0.2, -0.15) is 0 Å². The molecule has 0 aliphatic rings. The molecule has 1 unspecified atom stereocenters. The molecule has 0 spiro atoms. The van der Waals surface area contributed by atoms with E-state index < -0.39 is 18.8 Å². The fourth-order valence-electron chi connectivity index (χ4n) is 1.93. The number of hydrogen-bond acceptors (Lipinski definition) is 4. The second kappa shape index (κ2) is 6.15. The number of hydrogen-bond donors (Lipinski definition) is 1. The molecule has 1 atom stereocenters. The summed E-state index contributed by atoms with van der Waals surface area (Å²) in [5, 5.41) is 0. The summed E-state index contributed by atoms with van der Waals surface area (Å²) >= 11 is 0. The predicted octanol–water partition coefficient (Wildman–Crippen LogP) is 1.80. The number of rotatable bonds is 6. The molecule has 0 radical (unpaired) electrons. The molecule has 0 saturated carbocycles. The third-order valence-electron chi connectivity index (χ3n) is 3.06. The quantitative estimate of drug-likeness (QED) is 0.822. The van der Waals surface area contributed by atoms with E-state index in [0.29, 0.717) is 17.5 Å². The molecule has 2 N–H and O–H groups in total. The molecule has 0 bridgehead atoms. The molecular formula is C13H16F2N2O3. The molecule has 0 amide bonds. The van der Waals surface area contributed by atoms with Gasteiger partial charge in [-0.05, 0) is 24.1 Å². The van der Waals surface area contributed by atoms with Gasteiger partial charge in [-0.1, -0.05) is 6.07 Å². The second-order valence-corrected chi connectivity index (χ2v) is 4.52. The summed E-state index contributed by atoms with van der Waals surface area (Å²) in [6, 6.07) is 4.86. The highest BCUT2D eigenvalue weighted by atomic mass is 19.3. The minimum absolute atomic E-state index is 0.155. The Hall–Kier alpha value is -1.73. The number of ether oxygens (including phenoxy) is 1. The first kappa shape index (κ1) is 14.7. The maximum absolute atomic E-state index is 11.9. The van der Waals surface area contributed by atoms with E-state index in [9.17, 15) is 13.6 Å². The number of nitrogens with zero attached hydrogens (tertiary/aromatic N) is 1. The van der Waals surface area contributed by atoms with E-state index in [2.05, 4.69) is 0 Å². The van der Waals surface area contributed by atoms with Crippen LogP contribution in [0.5, 0.6) is 0 Å². The van der Waals surface area contributed by atoms with E-state index in [1.54, 1.807) is 25.2 Å². The first-order valence-electron chi connectivity index (χ1n) is 6.20. The number of halogens is 2. The van der Waals surface area contributed by atoms with Crippen LogP contribution < -0.4 is 11.5 Å². The lowest BCUT2D eigenvalue weighted by molar-refractivity contribution is 0.0152. The van der Waals surface area contributed by atoms with Crippen molar-refractivity contribution in [1.82, 2.24) is 4.57 Å². The van der Waals surface area contributed by atoms with Gasteiger partial charge < -0.3 is 14.9 Å². The minimum atomic E-state index is -2.47. The van der Waals surface area contributed by atoms with Gasteiger partial charge in [0.15, 0.2) is 5.58 Å². The largest absolute Gasteiger partial charge is 0.419 e. The van der Waals surface area contributed by atoms with Crippen LogP contribution in [0.2, 0.25) is 0 Å². The van der Waals surface area contributed by atoms with Gasteiger partial charge in [0.05, 0.1) is 5.52 Å². The second-order valence-electron chi connectivity index (χ2n) is 4.52. The highest BCUT2D eigenvalue weighted by Crippen LogP contribution is 2.20. The highest BCUT2D eigenvalue weighted by Gasteiger charge is 2.11. The van der Waals surface area contributed by atoms with Crippen LogP contribution >= 0.6 is 0 Å². The summed E-state index contributed by atoms with van der Waals surface area (Å²) in [5.41, 5.74) is 7.86. The number of aryl methyl sites for hydroxylation is 1. The molecule has 2 rings (SSSR count). The van der Waals surface area contributed by atoms with Crippen molar-refractivity contribution in [3.63, 3.8) is 0 Å². The molecule has 1 aromatic carbocycles. The molecule has 110 valence electrons. The van der Waals surface area contributed by atoms with E-state index in [-0.39, 0.29) is 12.6 Å². The Morgan fingerprint density at radius 3 is 2.90 bits per heavy atom. The average Bonchev–Trinajstić information content (AvgIpc) is 2.69. The Labute approximate surface area is 113 Å². The number of alkyl halides is 2. The van der Waals surface area contributed by atoms with Gasteiger partial charge in [-0.3, -0.25) is 4.57 Å². The lowest BCUT2D eigenvalue weighted by atomic mass is 10.0. The van der Waals surface area contributed by atoms with E-state index >= 15 is 0 Å². The van der Waals surface area contributed by atoms with Crippen molar-refractivity contribution in [1.29, 1.82) is 0 Å². The summed E-state index contributed by atoms with van der Waals surface area (Å²) in [7, 11) is 1.62. The Morgan fingerprint density at radius 2 is 2.20 bits per heavy atom. The maximum Gasteiger partial charge on any atom is 0.419 e. The molecule has 1 heterocycles. The smallest absolute Gasteiger partial charge is 0.408 e. The zero-order valence-corrected chi connectivity index (χ0v) is 11.0. The Kier molecular flexibility index (Phi) is 4.51. The van der Waals surface area contributed by atoms with E-state index in [4.69, 9.17) is 14.9 Å². The van der Waals surface area contributed by atoms with Gasteiger partial charge >= 0.3 is 5.76 Å². The molecule has 0 saturated heterocycles. The number of nitrogens with two attached hydrogens (primary N) is 1. The summed E-state index contributed by atoms with van der Waals surface area (Å²) in [6.45, 7) is -0.429. The van der Waals surface area contributed by atoms with Crippen molar-refractivity contribution in [2.24, 2.45) is 12.8 Å². The van der Waals surface area contributed by atoms with Crippen LogP contribution in [0.4, 0.5) is 8.78 Å². The molecule has 7 heteroatoms. The number of fused-ring (bicyclic) bond motifs is 1. The SMILES string of the molecule is Cn1c(=O)oc2cc(C(N)CCOCC(F)F)ccc21. The molecular weight excluding hydrogens is 270 g/mol. The molecule has 0 fully saturated rings. The molecule has 0 aliphatic carbocycles. The third-order valence-corrected chi connectivity index (χ3v) is 3.06. The van der Waals surface area contributed by atoms with Gasteiger partial charge in [0.1, 0.15) is 6.61 Å². The molecule has 0 aliphatic heterocycles. The van der Waals surface area contributed by atoms with E-state index in [1.165, 1.54) is 4.57 Å². The molecule has 1 aromatic heterocycles. The summed E-state index contributed by atoms with van der Waals surface area (Å²) in [4.78, 5) is 11.4. The number of aromatic nitrogens is 1. The van der Waals surface area contributed by atoms with Crippen LogP contribution in [0.3, 0.4) is 0 Å². The lowest BCUT2D eigenvalue weighted by Crippen LogP contribution is -2.14. The summed E-state index contributed by atoms with van der Waals surface area (Å²) in [5.74, 6) is -0.439. The Bertz CT molecular complexity index is 636. The van der Waals surface area contributed by atoms with Gasteiger partial charge in [-0.25, -0.2) is 13.6 Å². The first-order chi connectivity index (χ1) is 9.49. The van der Waals surface area contributed by atoms with Gasteiger partial charge in [0.2, 0.25) is 0 Å². The van der Waals surface area contributed by atoms with Gasteiger partial charge in [-0.15, -0.1) is 0 Å². The lowest BCUT2D eigenvalue weighted by Gasteiger charge is -2.12. The highest BCUT2D eigenvalue weighted by molar-refractivity contribution is 5.73.